The predicted octanol–water partition coefficient (Wildman–Crippen LogP) is 2.84. The fourth-order valence-corrected chi connectivity index (χ4v) is 1.35. The molecule has 0 aromatic carbocycles. The van der Waals surface area contributed by atoms with Crippen LogP contribution in [0.25, 0.3) is 0 Å². The van der Waals surface area contributed by atoms with E-state index >= 15 is 0 Å². The van der Waals surface area contributed by atoms with E-state index in [1.165, 1.54) is 6.08 Å². The zero-order valence-corrected chi connectivity index (χ0v) is 8.13. The standard InChI is InChI=1S/C10H18O2/c1-4-10(5-2,6-3)8-7-9(11)12/h7-8H,4-6H2,1-3H3,(H,11,12). The van der Waals surface area contributed by atoms with E-state index in [0.717, 1.165) is 19.3 Å². The van der Waals surface area contributed by atoms with Gasteiger partial charge in [0.05, 0.1) is 0 Å². The van der Waals surface area contributed by atoms with Crippen LogP contribution in [0.5, 0.6) is 0 Å². The molecule has 0 aromatic heterocycles. The van der Waals surface area contributed by atoms with Crippen LogP contribution in [0.1, 0.15) is 40.0 Å². The van der Waals surface area contributed by atoms with Gasteiger partial charge in [-0.15, -0.1) is 0 Å². The molecule has 0 radical (unpaired) electrons. The largest absolute Gasteiger partial charge is 0.478 e. The van der Waals surface area contributed by atoms with Crippen LogP contribution >= 0.6 is 0 Å². The minimum atomic E-state index is -0.852. The summed E-state index contributed by atoms with van der Waals surface area (Å²) in [6.07, 6.45) is 6.10. The second-order valence-corrected chi connectivity index (χ2v) is 3.09. The molecular weight excluding hydrogens is 152 g/mol. The summed E-state index contributed by atoms with van der Waals surface area (Å²) in [5, 5.41) is 8.48. The molecule has 0 aliphatic heterocycles. The molecule has 70 valence electrons. The van der Waals surface area contributed by atoms with Crippen LogP contribution in [0, 0.1) is 5.41 Å². The van der Waals surface area contributed by atoms with Gasteiger partial charge in [-0.25, -0.2) is 4.79 Å². The van der Waals surface area contributed by atoms with Gasteiger partial charge in [-0.2, -0.15) is 0 Å². The highest BCUT2D eigenvalue weighted by Crippen LogP contribution is 2.31. The Hall–Kier alpha value is -0.790. The van der Waals surface area contributed by atoms with Gasteiger partial charge in [0.15, 0.2) is 0 Å². The van der Waals surface area contributed by atoms with Crippen molar-refractivity contribution in [3.63, 3.8) is 0 Å². The quantitative estimate of drug-likeness (QED) is 0.644. The maximum Gasteiger partial charge on any atom is 0.327 e. The van der Waals surface area contributed by atoms with E-state index in [0.29, 0.717) is 0 Å². The number of hydrogen-bond donors (Lipinski definition) is 1. The van der Waals surface area contributed by atoms with Gasteiger partial charge in [-0.1, -0.05) is 26.8 Å². The predicted molar refractivity (Wildman–Crippen MR) is 50.1 cm³/mol. The first kappa shape index (κ1) is 11.2. The van der Waals surface area contributed by atoms with Crippen molar-refractivity contribution in [1.29, 1.82) is 0 Å². The van der Waals surface area contributed by atoms with Crippen molar-refractivity contribution >= 4 is 5.97 Å². The summed E-state index contributed by atoms with van der Waals surface area (Å²) in [5.74, 6) is -0.852. The lowest BCUT2D eigenvalue weighted by Gasteiger charge is -2.25. The third-order valence-electron chi connectivity index (χ3n) is 2.69. The number of allylic oxidation sites excluding steroid dienone is 1. The van der Waals surface area contributed by atoms with Crippen molar-refractivity contribution in [2.24, 2.45) is 5.41 Å². The first-order chi connectivity index (χ1) is 5.60. The molecule has 0 atom stereocenters. The highest BCUT2D eigenvalue weighted by Gasteiger charge is 2.19. The number of carbonyl (C=O) groups is 1. The summed E-state index contributed by atoms with van der Waals surface area (Å²) in [7, 11) is 0. The van der Waals surface area contributed by atoms with E-state index < -0.39 is 5.97 Å². The summed E-state index contributed by atoms with van der Waals surface area (Å²) in [6.45, 7) is 6.29. The summed E-state index contributed by atoms with van der Waals surface area (Å²) >= 11 is 0. The van der Waals surface area contributed by atoms with Crippen molar-refractivity contribution in [2.75, 3.05) is 0 Å². The molecule has 0 heterocycles. The summed E-state index contributed by atoms with van der Waals surface area (Å²) in [4.78, 5) is 10.3. The summed E-state index contributed by atoms with van der Waals surface area (Å²) in [6, 6.07) is 0. The Morgan fingerprint density at radius 2 is 1.67 bits per heavy atom. The van der Waals surface area contributed by atoms with Crippen molar-refractivity contribution < 1.29 is 9.90 Å². The molecule has 0 amide bonds. The fraction of sp³-hybridized carbons (Fsp3) is 0.700. The Bertz CT molecular complexity index is 158. The SMILES string of the molecule is CCC(C=CC(=O)O)(CC)CC. The Labute approximate surface area is 74.3 Å². The molecule has 0 aliphatic carbocycles. The number of carboxylic acids is 1. The molecule has 1 N–H and O–H groups in total. The van der Waals surface area contributed by atoms with Crippen molar-refractivity contribution in [1.82, 2.24) is 0 Å². The van der Waals surface area contributed by atoms with Crippen LogP contribution in [-0.4, -0.2) is 11.1 Å². The molecule has 0 aromatic rings. The minimum absolute atomic E-state index is 0.0956. The monoisotopic (exact) mass is 170 g/mol. The molecular formula is C10H18O2. The molecule has 0 bridgehead atoms. The topological polar surface area (TPSA) is 37.3 Å². The van der Waals surface area contributed by atoms with Crippen molar-refractivity contribution in [3.05, 3.63) is 12.2 Å². The van der Waals surface area contributed by atoms with Crippen LogP contribution in [0.15, 0.2) is 12.2 Å². The Kier molecular flexibility index (Phi) is 4.64. The van der Waals surface area contributed by atoms with Gasteiger partial charge in [0.1, 0.15) is 0 Å². The van der Waals surface area contributed by atoms with Gasteiger partial charge >= 0.3 is 5.97 Å². The zero-order chi connectivity index (χ0) is 9.61. The Morgan fingerprint density at radius 3 is 1.92 bits per heavy atom. The van der Waals surface area contributed by atoms with Crippen molar-refractivity contribution in [3.8, 4) is 0 Å². The van der Waals surface area contributed by atoms with Crippen LogP contribution in [0.3, 0.4) is 0 Å². The van der Waals surface area contributed by atoms with Gasteiger partial charge in [0.2, 0.25) is 0 Å². The zero-order valence-electron chi connectivity index (χ0n) is 8.13. The maximum atomic E-state index is 10.3. The molecule has 0 saturated heterocycles. The smallest absolute Gasteiger partial charge is 0.327 e. The van der Waals surface area contributed by atoms with Gasteiger partial charge in [0.25, 0.3) is 0 Å². The van der Waals surface area contributed by atoms with Gasteiger partial charge < -0.3 is 5.11 Å². The number of aliphatic carboxylic acids is 1. The number of rotatable bonds is 5. The molecule has 0 rings (SSSR count). The molecule has 12 heavy (non-hydrogen) atoms. The number of hydrogen-bond acceptors (Lipinski definition) is 1. The lowest BCUT2D eigenvalue weighted by Crippen LogP contribution is -2.14. The summed E-state index contributed by atoms with van der Waals surface area (Å²) < 4.78 is 0. The van der Waals surface area contributed by atoms with Crippen molar-refractivity contribution in [2.45, 2.75) is 40.0 Å². The molecule has 0 saturated carbocycles. The van der Waals surface area contributed by atoms with Crippen LogP contribution in [-0.2, 0) is 4.79 Å². The highest BCUT2D eigenvalue weighted by molar-refractivity contribution is 5.79. The molecule has 0 unspecified atom stereocenters. The van der Waals surface area contributed by atoms with E-state index in [4.69, 9.17) is 5.11 Å². The normalized spacial score (nSPS) is 12.2. The number of carboxylic acid groups (broad SMARTS) is 1. The van der Waals surface area contributed by atoms with Gasteiger partial charge in [-0.05, 0) is 24.7 Å². The van der Waals surface area contributed by atoms with E-state index in [1.54, 1.807) is 0 Å². The molecule has 2 heteroatoms. The second kappa shape index (κ2) is 4.96. The molecule has 0 fully saturated rings. The minimum Gasteiger partial charge on any atom is -0.478 e. The Balaban J connectivity index is 4.39. The molecule has 2 nitrogen and oxygen atoms in total. The highest BCUT2D eigenvalue weighted by atomic mass is 16.4. The van der Waals surface area contributed by atoms with E-state index in [9.17, 15) is 4.79 Å². The first-order valence-electron chi connectivity index (χ1n) is 4.52. The van der Waals surface area contributed by atoms with Crippen LogP contribution < -0.4 is 0 Å². The fourth-order valence-electron chi connectivity index (χ4n) is 1.35. The third-order valence-corrected chi connectivity index (χ3v) is 2.69. The van der Waals surface area contributed by atoms with E-state index in [-0.39, 0.29) is 5.41 Å². The maximum absolute atomic E-state index is 10.3. The average molecular weight is 170 g/mol. The van der Waals surface area contributed by atoms with Gasteiger partial charge in [-0.3, -0.25) is 0 Å². The van der Waals surface area contributed by atoms with E-state index in [1.807, 2.05) is 6.08 Å². The second-order valence-electron chi connectivity index (χ2n) is 3.09. The van der Waals surface area contributed by atoms with Crippen LogP contribution in [0.2, 0.25) is 0 Å². The summed E-state index contributed by atoms with van der Waals surface area (Å²) in [5.41, 5.74) is 0.0956. The molecule has 0 spiro atoms. The lowest BCUT2D eigenvalue weighted by atomic mass is 9.79. The van der Waals surface area contributed by atoms with Gasteiger partial charge in [0, 0.05) is 6.08 Å². The van der Waals surface area contributed by atoms with Crippen LogP contribution in [0.4, 0.5) is 0 Å². The third kappa shape index (κ3) is 3.07. The average Bonchev–Trinajstić information content (AvgIpc) is 2.08. The lowest BCUT2D eigenvalue weighted by molar-refractivity contribution is -0.131. The molecule has 0 aliphatic rings. The Morgan fingerprint density at radius 1 is 1.25 bits per heavy atom. The van der Waals surface area contributed by atoms with E-state index in [2.05, 4.69) is 20.8 Å². The first-order valence-corrected chi connectivity index (χ1v) is 4.52.